The zero-order valence-electron chi connectivity index (χ0n) is 14.9. The van der Waals surface area contributed by atoms with Gasteiger partial charge in [0.05, 0.1) is 10.9 Å². The summed E-state index contributed by atoms with van der Waals surface area (Å²) in [5.74, 6) is -0.718. The van der Waals surface area contributed by atoms with Gasteiger partial charge in [-0.1, -0.05) is 30.0 Å². The van der Waals surface area contributed by atoms with E-state index in [4.69, 9.17) is 0 Å². The van der Waals surface area contributed by atoms with Gasteiger partial charge in [-0.2, -0.15) is 0 Å². The average Bonchev–Trinajstić information content (AvgIpc) is 3.04. The molecule has 0 saturated heterocycles. The minimum atomic E-state index is -0.449. The van der Waals surface area contributed by atoms with Crippen LogP contribution >= 0.6 is 11.8 Å². The van der Waals surface area contributed by atoms with Gasteiger partial charge in [-0.15, -0.1) is 0 Å². The van der Waals surface area contributed by atoms with Gasteiger partial charge < -0.3 is 5.32 Å². The Kier molecular flexibility index (Phi) is 5.42. The van der Waals surface area contributed by atoms with Crippen molar-refractivity contribution < 1.29 is 9.18 Å². The smallest absolute Gasteiger partial charge is 0.237 e. The molecule has 134 valence electrons. The Labute approximate surface area is 156 Å². The molecule has 0 fully saturated rings. The Morgan fingerprint density at radius 1 is 1.19 bits per heavy atom. The third kappa shape index (κ3) is 4.14. The summed E-state index contributed by atoms with van der Waals surface area (Å²) in [6, 6.07) is 12.4. The minimum absolute atomic E-state index is 0.183. The summed E-state index contributed by atoms with van der Waals surface area (Å²) in [4.78, 5) is 16.8. The molecular formula is C20H20FN3OS. The number of carbonyl (C=O) groups excluding carboxylic acids is 1. The number of thioether (sulfide) groups is 1. The molecular weight excluding hydrogens is 349 g/mol. The van der Waals surface area contributed by atoms with Crippen molar-refractivity contribution in [3.8, 4) is 5.69 Å². The highest BCUT2D eigenvalue weighted by Gasteiger charge is 2.19. The Hall–Kier alpha value is -2.60. The predicted molar refractivity (Wildman–Crippen MR) is 103 cm³/mol. The molecule has 3 rings (SSSR count). The molecule has 0 spiro atoms. The van der Waals surface area contributed by atoms with Crippen LogP contribution in [0.25, 0.3) is 5.69 Å². The SMILES string of the molecule is Cc1cc(C)cc(-n2ccnc2SC(C)C(=O)Nc2ccccc2F)c1. The lowest BCUT2D eigenvalue weighted by Crippen LogP contribution is -2.23. The molecule has 0 saturated carbocycles. The van der Waals surface area contributed by atoms with Gasteiger partial charge in [-0.05, 0) is 56.2 Å². The largest absolute Gasteiger partial charge is 0.323 e. The van der Waals surface area contributed by atoms with Gasteiger partial charge in [0.2, 0.25) is 5.91 Å². The van der Waals surface area contributed by atoms with Gasteiger partial charge in [-0.25, -0.2) is 9.37 Å². The fourth-order valence-electron chi connectivity index (χ4n) is 2.67. The number of aryl methyl sites for hydroxylation is 2. The van der Waals surface area contributed by atoms with Crippen LogP contribution in [0.4, 0.5) is 10.1 Å². The lowest BCUT2D eigenvalue weighted by molar-refractivity contribution is -0.115. The summed E-state index contributed by atoms with van der Waals surface area (Å²) in [7, 11) is 0. The number of hydrogen-bond donors (Lipinski definition) is 1. The molecule has 1 amide bonds. The number of hydrogen-bond acceptors (Lipinski definition) is 3. The molecule has 0 aliphatic rings. The molecule has 3 aromatic rings. The Bertz CT molecular complexity index is 918. The molecule has 0 aliphatic heterocycles. The first-order chi connectivity index (χ1) is 12.4. The first-order valence-electron chi connectivity index (χ1n) is 8.28. The van der Waals surface area contributed by atoms with Crippen molar-refractivity contribution in [2.45, 2.75) is 31.2 Å². The second kappa shape index (κ2) is 7.74. The van der Waals surface area contributed by atoms with Gasteiger partial charge in [0.1, 0.15) is 5.82 Å². The number of para-hydroxylation sites is 1. The van der Waals surface area contributed by atoms with Crippen molar-refractivity contribution in [3.63, 3.8) is 0 Å². The maximum absolute atomic E-state index is 13.7. The van der Waals surface area contributed by atoms with Crippen LogP contribution in [0.2, 0.25) is 0 Å². The van der Waals surface area contributed by atoms with E-state index in [-0.39, 0.29) is 11.6 Å². The van der Waals surface area contributed by atoms with Crippen LogP contribution in [-0.4, -0.2) is 20.7 Å². The standard InChI is InChI=1S/C20H20FN3OS/c1-13-10-14(2)12-16(11-13)24-9-8-22-20(24)26-15(3)19(25)23-18-7-5-4-6-17(18)21/h4-12,15H,1-3H3,(H,23,25). The Balaban J connectivity index is 1.76. The van der Waals surface area contributed by atoms with Gasteiger partial charge in [0, 0.05) is 18.1 Å². The van der Waals surface area contributed by atoms with Gasteiger partial charge in [-0.3, -0.25) is 9.36 Å². The maximum atomic E-state index is 13.7. The predicted octanol–water partition coefficient (Wildman–Crippen LogP) is 4.75. The second-order valence-electron chi connectivity index (χ2n) is 6.15. The molecule has 1 unspecified atom stereocenters. The number of benzene rings is 2. The number of imidazole rings is 1. The topological polar surface area (TPSA) is 46.9 Å². The van der Waals surface area contributed by atoms with E-state index in [1.807, 2.05) is 24.6 Å². The first kappa shape index (κ1) is 18.2. The molecule has 0 radical (unpaired) electrons. The number of halogens is 1. The second-order valence-corrected chi connectivity index (χ2v) is 7.46. The van der Waals surface area contributed by atoms with Crippen molar-refractivity contribution in [1.29, 1.82) is 0 Å². The van der Waals surface area contributed by atoms with E-state index < -0.39 is 11.1 Å². The van der Waals surface area contributed by atoms with E-state index in [1.165, 1.54) is 17.8 Å². The van der Waals surface area contributed by atoms with E-state index in [2.05, 4.69) is 28.5 Å². The van der Waals surface area contributed by atoms with E-state index in [9.17, 15) is 9.18 Å². The van der Waals surface area contributed by atoms with Crippen LogP contribution < -0.4 is 5.32 Å². The highest BCUT2D eigenvalue weighted by Crippen LogP contribution is 2.26. The van der Waals surface area contributed by atoms with Crippen molar-refractivity contribution in [3.05, 3.63) is 71.8 Å². The summed E-state index contributed by atoms with van der Waals surface area (Å²) < 4.78 is 15.7. The van der Waals surface area contributed by atoms with Crippen LogP contribution in [0, 0.1) is 19.7 Å². The third-order valence-electron chi connectivity index (χ3n) is 3.87. The summed E-state index contributed by atoms with van der Waals surface area (Å²) in [5.41, 5.74) is 3.51. The van der Waals surface area contributed by atoms with Crippen molar-refractivity contribution in [2.75, 3.05) is 5.32 Å². The fraction of sp³-hybridized carbons (Fsp3) is 0.200. The van der Waals surface area contributed by atoms with Gasteiger partial charge in [0.25, 0.3) is 0 Å². The highest BCUT2D eigenvalue weighted by molar-refractivity contribution is 8.00. The molecule has 1 heterocycles. The summed E-state index contributed by atoms with van der Waals surface area (Å²) >= 11 is 1.33. The van der Waals surface area contributed by atoms with Crippen LogP contribution in [0.3, 0.4) is 0 Å². The molecule has 1 aromatic heterocycles. The molecule has 0 bridgehead atoms. The Morgan fingerprint density at radius 2 is 1.88 bits per heavy atom. The molecule has 1 atom stereocenters. The zero-order chi connectivity index (χ0) is 18.7. The quantitative estimate of drug-likeness (QED) is 0.660. The molecule has 0 aliphatic carbocycles. The molecule has 26 heavy (non-hydrogen) atoms. The summed E-state index contributed by atoms with van der Waals surface area (Å²) in [6.45, 7) is 5.87. The number of amides is 1. The van der Waals surface area contributed by atoms with E-state index in [0.29, 0.717) is 5.16 Å². The molecule has 6 heteroatoms. The van der Waals surface area contributed by atoms with Crippen LogP contribution in [0.1, 0.15) is 18.1 Å². The monoisotopic (exact) mass is 369 g/mol. The van der Waals surface area contributed by atoms with Crippen LogP contribution in [-0.2, 0) is 4.79 Å². The summed E-state index contributed by atoms with van der Waals surface area (Å²) in [5, 5.41) is 2.91. The maximum Gasteiger partial charge on any atom is 0.237 e. The van der Waals surface area contributed by atoms with Crippen molar-refractivity contribution in [1.82, 2.24) is 9.55 Å². The average molecular weight is 369 g/mol. The molecule has 4 nitrogen and oxygen atoms in total. The number of carbonyl (C=O) groups is 1. The highest BCUT2D eigenvalue weighted by atomic mass is 32.2. The van der Waals surface area contributed by atoms with Crippen LogP contribution in [0.5, 0.6) is 0 Å². The number of aromatic nitrogens is 2. The van der Waals surface area contributed by atoms with Gasteiger partial charge >= 0.3 is 0 Å². The number of rotatable bonds is 5. The van der Waals surface area contributed by atoms with E-state index in [1.54, 1.807) is 31.3 Å². The number of nitrogens with zero attached hydrogens (tertiary/aromatic N) is 2. The number of nitrogens with one attached hydrogen (secondary N) is 1. The third-order valence-corrected chi connectivity index (χ3v) is 4.96. The normalized spacial score (nSPS) is 12.0. The zero-order valence-corrected chi connectivity index (χ0v) is 15.7. The van der Waals surface area contributed by atoms with E-state index >= 15 is 0 Å². The first-order valence-corrected chi connectivity index (χ1v) is 9.16. The molecule has 2 aromatic carbocycles. The fourth-order valence-corrected chi connectivity index (χ4v) is 3.56. The minimum Gasteiger partial charge on any atom is -0.323 e. The lowest BCUT2D eigenvalue weighted by Gasteiger charge is -2.14. The number of anilines is 1. The van der Waals surface area contributed by atoms with Crippen molar-refractivity contribution >= 4 is 23.4 Å². The lowest BCUT2D eigenvalue weighted by atomic mass is 10.1. The van der Waals surface area contributed by atoms with Crippen LogP contribution in [0.15, 0.2) is 60.0 Å². The van der Waals surface area contributed by atoms with Gasteiger partial charge in [0.15, 0.2) is 5.16 Å². The summed E-state index contributed by atoms with van der Waals surface area (Å²) in [6.07, 6.45) is 3.58. The van der Waals surface area contributed by atoms with E-state index in [0.717, 1.165) is 16.8 Å². The van der Waals surface area contributed by atoms with Crippen molar-refractivity contribution in [2.24, 2.45) is 0 Å². The Morgan fingerprint density at radius 3 is 2.58 bits per heavy atom. The molecule has 1 N–H and O–H groups in total.